The maximum Gasteiger partial charge on any atom is 0.311 e. The van der Waals surface area contributed by atoms with Crippen molar-refractivity contribution >= 4 is 17.3 Å². The Morgan fingerprint density at radius 2 is 2.00 bits per heavy atom. The van der Waals surface area contributed by atoms with Crippen LogP contribution in [0.2, 0.25) is 0 Å². The zero-order chi connectivity index (χ0) is 15.3. The monoisotopic (exact) mass is 281 g/mol. The molecule has 0 atom stereocenters. The predicted octanol–water partition coefficient (Wildman–Crippen LogP) is 2.17. The van der Waals surface area contributed by atoms with Crippen LogP contribution >= 0.6 is 0 Å². The molecule has 0 fully saturated rings. The molecule has 0 aliphatic heterocycles. The average molecular weight is 281 g/mol. The molecule has 0 unspecified atom stereocenters. The second kappa shape index (κ2) is 6.51. The van der Waals surface area contributed by atoms with Crippen LogP contribution in [0.1, 0.15) is 20.8 Å². The molecule has 7 heteroatoms. The number of pyridine rings is 1. The highest BCUT2D eigenvalue weighted by Gasteiger charge is 2.23. The predicted molar refractivity (Wildman–Crippen MR) is 81.3 cm³/mol. The van der Waals surface area contributed by atoms with Gasteiger partial charge in [0.05, 0.1) is 4.92 Å². The summed E-state index contributed by atoms with van der Waals surface area (Å²) in [6, 6.07) is 3.08. The minimum atomic E-state index is -0.423. The third-order valence-electron chi connectivity index (χ3n) is 3.33. The van der Waals surface area contributed by atoms with Crippen molar-refractivity contribution in [3.8, 4) is 0 Å². The number of aromatic nitrogens is 1. The van der Waals surface area contributed by atoms with Crippen molar-refractivity contribution in [2.75, 3.05) is 37.8 Å². The van der Waals surface area contributed by atoms with Crippen LogP contribution in [0.4, 0.5) is 17.3 Å². The second-order valence-corrected chi connectivity index (χ2v) is 5.41. The van der Waals surface area contributed by atoms with Crippen LogP contribution in [0, 0.1) is 10.1 Å². The molecule has 0 bridgehead atoms. The van der Waals surface area contributed by atoms with Crippen molar-refractivity contribution in [2.24, 2.45) is 0 Å². The molecule has 2 N–H and O–H groups in total. The van der Waals surface area contributed by atoms with Gasteiger partial charge in [0, 0.05) is 24.7 Å². The van der Waals surface area contributed by atoms with E-state index in [9.17, 15) is 10.1 Å². The molecule has 20 heavy (non-hydrogen) atoms. The maximum atomic E-state index is 11.0. The van der Waals surface area contributed by atoms with Crippen molar-refractivity contribution in [1.29, 1.82) is 0 Å². The number of nitrogens with zero attached hydrogens (tertiary/aromatic N) is 3. The van der Waals surface area contributed by atoms with Gasteiger partial charge >= 0.3 is 5.69 Å². The SMILES string of the molecule is CCNc1ccc([N+](=O)[O-])c(NCC(C)(C)N(C)C)n1. The molecule has 0 aromatic carbocycles. The first-order valence-corrected chi connectivity index (χ1v) is 6.58. The largest absolute Gasteiger partial charge is 0.370 e. The smallest absolute Gasteiger partial charge is 0.311 e. The lowest BCUT2D eigenvalue weighted by Gasteiger charge is -2.32. The molecule has 0 amide bonds. The number of likely N-dealkylation sites (N-methyl/N-ethyl adjacent to an activating group) is 1. The first-order valence-electron chi connectivity index (χ1n) is 6.58. The normalized spacial score (nSPS) is 11.5. The zero-order valence-electron chi connectivity index (χ0n) is 12.7. The van der Waals surface area contributed by atoms with E-state index in [1.54, 1.807) is 6.07 Å². The number of nitro groups is 1. The summed E-state index contributed by atoms with van der Waals surface area (Å²) in [5.74, 6) is 0.923. The highest BCUT2D eigenvalue weighted by molar-refractivity contribution is 5.60. The van der Waals surface area contributed by atoms with Gasteiger partial charge < -0.3 is 15.5 Å². The fraction of sp³-hybridized carbons (Fsp3) is 0.615. The Labute approximate surface area is 119 Å². The molecule has 0 saturated carbocycles. The Bertz CT molecular complexity index is 474. The summed E-state index contributed by atoms with van der Waals surface area (Å²) in [4.78, 5) is 16.9. The quantitative estimate of drug-likeness (QED) is 0.588. The molecule has 0 aliphatic rings. The van der Waals surface area contributed by atoms with Crippen molar-refractivity contribution in [3.63, 3.8) is 0 Å². The first-order chi connectivity index (χ1) is 9.27. The van der Waals surface area contributed by atoms with Crippen LogP contribution in [0.15, 0.2) is 12.1 Å². The Hall–Kier alpha value is -1.89. The highest BCUT2D eigenvalue weighted by Crippen LogP contribution is 2.25. The van der Waals surface area contributed by atoms with Crippen molar-refractivity contribution < 1.29 is 4.92 Å². The van der Waals surface area contributed by atoms with E-state index in [0.29, 0.717) is 24.7 Å². The molecule has 0 spiro atoms. The van der Waals surface area contributed by atoms with Crippen LogP contribution in [0.25, 0.3) is 0 Å². The fourth-order valence-electron chi connectivity index (χ4n) is 1.47. The Balaban J connectivity index is 2.96. The average Bonchev–Trinajstić information content (AvgIpc) is 2.36. The molecular weight excluding hydrogens is 258 g/mol. The van der Waals surface area contributed by atoms with Crippen molar-refractivity contribution in [3.05, 3.63) is 22.2 Å². The van der Waals surface area contributed by atoms with Gasteiger partial charge in [0.1, 0.15) is 5.82 Å². The molecule has 0 saturated heterocycles. The van der Waals surface area contributed by atoms with E-state index in [1.165, 1.54) is 6.07 Å². The summed E-state index contributed by atoms with van der Waals surface area (Å²) in [6.45, 7) is 7.34. The Morgan fingerprint density at radius 1 is 1.35 bits per heavy atom. The van der Waals surface area contributed by atoms with Crippen LogP contribution in [0.5, 0.6) is 0 Å². The number of anilines is 2. The van der Waals surface area contributed by atoms with Gasteiger partial charge in [-0.05, 0) is 40.9 Å². The van der Waals surface area contributed by atoms with E-state index in [0.717, 1.165) is 0 Å². The van der Waals surface area contributed by atoms with E-state index >= 15 is 0 Å². The van der Waals surface area contributed by atoms with Crippen LogP contribution < -0.4 is 10.6 Å². The lowest BCUT2D eigenvalue weighted by molar-refractivity contribution is -0.384. The van der Waals surface area contributed by atoms with Gasteiger partial charge in [0.2, 0.25) is 5.82 Å². The van der Waals surface area contributed by atoms with E-state index in [-0.39, 0.29) is 11.2 Å². The van der Waals surface area contributed by atoms with Gasteiger partial charge in [-0.2, -0.15) is 0 Å². The number of hydrogen-bond acceptors (Lipinski definition) is 6. The molecule has 0 radical (unpaired) electrons. The molecule has 1 aromatic heterocycles. The molecule has 7 nitrogen and oxygen atoms in total. The number of rotatable bonds is 7. The van der Waals surface area contributed by atoms with Gasteiger partial charge in [-0.25, -0.2) is 4.98 Å². The maximum absolute atomic E-state index is 11.0. The van der Waals surface area contributed by atoms with Gasteiger partial charge in [0.15, 0.2) is 0 Å². The van der Waals surface area contributed by atoms with Gasteiger partial charge in [-0.15, -0.1) is 0 Å². The minimum absolute atomic E-state index is 0.0128. The summed E-state index contributed by atoms with van der Waals surface area (Å²) in [5, 5.41) is 17.2. The van der Waals surface area contributed by atoms with Crippen LogP contribution in [-0.2, 0) is 0 Å². The number of nitrogens with one attached hydrogen (secondary N) is 2. The van der Waals surface area contributed by atoms with Crippen molar-refractivity contribution in [1.82, 2.24) is 9.88 Å². The van der Waals surface area contributed by atoms with Gasteiger partial charge in [0.25, 0.3) is 0 Å². The fourth-order valence-corrected chi connectivity index (χ4v) is 1.47. The van der Waals surface area contributed by atoms with Crippen LogP contribution in [0.3, 0.4) is 0 Å². The van der Waals surface area contributed by atoms with E-state index in [4.69, 9.17) is 0 Å². The molecular formula is C13H23N5O2. The third kappa shape index (κ3) is 4.06. The highest BCUT2D eigenvalue weighted by atomic mass is 16.6. The molecule has 1 rings (SSSR count). The lowest BCUT2D eigenvalue weighted by Crippen LogP contribution is -2.44. The third-order valence-corrected chi connectivity index (χ3v) is 3.33. The summed E-state index contributed by atoms with van der Waals surface area (Å²) in [6.07, 6.45) is 0. The summed E-state index contributed by atoms with van der Waals surface area (Å²) in [5.41, 5.74) is -0.148. The lowest BCUT2D eigenvalue weighted by atomic mass is 10.0. The van der Waals surface area contributed by atoms with Gasteiger partial charge in [-0.3, -0.25) is 10.1 Å². The second-order valence-electron chi connectivity index (χ2n) is 5.41. The van der Waals surface area contributed by atoms with Crippen LogP contribution in [-0.4, -0.2) is 47.5 Å². The zero-order valence-corrected chi connectivity index (χ0v) is 12.7. The molecule has 1 heterocycles. The molecule has 112 valence electrons. The Kier molecular flexibility index (Phi) is 5.26. The van der Waals surface area contributed by atoms with E-state index in [1.807, 2.05) is 21.0 Å². The number of hydrogen-bond donors (Lipinski definition) is 2. The molecule has 0 aliphatic carbocycles. The minimum Gasteiger partial charge on any atom is -0.370 e. The van der Waals surface area contributed by atoms with E-state index in [2.05, 4.69) is 34.4 Å². The van der Waals surface area contributed by atoms with Crippen molar-refractivity contribution in [2.45, 2.75) is 26.3 Å². The van der Waals surface area contributed by atoms with Gasteiger partial charge in [-0.1, -0.05) is 0 Å². The first kappa shape index (κ1) is 16.2. The Morgan fingerprint density at radius 3 is 2.50 bits per heavy atom. The van der Waals surface area contributed by atoms with E-state index < -0.39 is 4.92 Å². The summed E-state index contributed by atoms with van der Waals surface area (Å²) >= 11 is 0. The topological polar surface area (TPSA) is 83.3 Å². The summed E-state index contributed by atoms with van der Waals surface area (Å²) in [7, 11) is 3.94. The standard InChI is InChI=1S/C13H23N5O2/c1-6-14-11-8-7-10(18(19)20)12(16-11)15-9-13(2,3)17(4)5/h7-8H,6,9H2,1-5H3,(H2,14,15,16). The summed E-state index contributed by atoms with van der Waals surface area (Å²) < 4.78 is 0. The molecule has 1 aromatic rings.